The van der Waals surface area contributed by atoms with E-state index >= 15 is 0 Å². The Hall–Kier alpha value is -1.62. The zero-order chi connectivity index (χ0) is 13.7. The minimum absolute atomic E-state index is 0.0627. The van der Waals surface area contributed by atoms with Gasteiger partial charge in [-0.05, 0) is 31.4 Å². The average Bonchev–Trinajstić information content (AvgIpc) is 2.32. The molecule has 1 aromatic rings. The monoisotopic (exact) mass is 254 g/mol. The van der Waals surface area contributed by atoms with Crippen LogP contribution in [0.2, 0.25) is 0 Å². The third-order valence-corrected chi connectivity index (χ3v) is 2.75. The fourth-order valence-corrected chi connectivity index (χ4v) is 1.51. The van der Waals surface area contributed by atoms with Crippen LogP contribution in [0.5, 0.6) is 5.75 Å². The molecule has 2 atom stereocenters. The van der Waals surface area contributed by atoms with Crippen LogP contribution in [0.15, 0.2) is 18.2 Å². The number of primary amides is 1. The Labute approximate surface area is 106 Å². The Morgan fingerprint density at radius 1 is 1.50 bits per heavy atom. The van der Waals surface area contributed by atoms with Crippen molar-refractivity contribution >= 4 is 5.91 Å². The lowest BCUT2D eigenvalue weighted by Gasteiger charge is -2.17. The van der Waals surface area contributed by atoms with Gasteiger partial charge in [0.25, 0.3) is 5.91 Å². The first-order valence-corrected chi connectivity index (χ1v) is 5.94. The van der Waals surface area contributed by atoms with Gasteiger partial charge < -0.3 is 16.2 Å². The van der Waals surface area contributed by atoms with Crippen LogP contribution in [0.1, 0.15) is 25.8 Å². The molecule has 0 spiro atoms. The number of hydrogen-bond acceptors (Lipinski definition) is 3. The van der Waals surface area contributed by atoms with Gasteiger partial charge in [0.1, 0.15) is 0 Å². The lowest BCUT2D eigenvalue weighted by Crippen LogP contribution is -2.31. The van der Waals surface area contributed by atoms with Crippen LogP contribution in [0.25, 0.3) is 0 Å². The summed E-state index contributed by atoms with van der Waals surface area (Å²) in [6.07, 6.45) is 0.398. The minimum atomic E-state index is -0.876. The Morgan fingerprint density at radius 3 is 2.72 bits per heavy atom. The van der Waals surface area contributed by atoms with Crippen molar-refractivity contribution in [1.82, 2.24) is 0 Å². The van der Waals surface area contributed by atoms with E-state index in [1.54, 1.807) is 12.1 Å². The first-order chi connectivity index (χ1) is 8.45. The first-order valence-electron chi connectivity index (χ1n) is 5.94. The summed E-state index contributed by atoms with van der Waals surface area (Å²) in [6.45, 7) is 3.44. The molecular weight excluding hydrogens is 235 g/mol. The van der Waals surface area contributed by atoms with E-state index < -0.39 is 17.8 Å². The molecule has 0 saturated carbocycles. The molecule has 5 heteroatoms. The van der Waals surface area contributed by atoms with Crippen LogP contribution in [0.4, 0.5) is 4.39 Å². The summed E-state index contributed by atoms with van der Waals surface area (Å²) in [6, 6.07) is 4.54. The van der Waals surface area contributed by atoms with Crippen LogP contribution in [-0.2, 0) is 11.2 Å². The number of nitrogens with two attached hydrogens (primary N) is 2. The maximum absolute atomic E-state index is 13.7. The van der Waals surface area contributed by atoms with E-state index in [2.05, 4.69) is 0 Å². The number of para-hydroxylation sites is 1. The molecular formula is C13H19FN2O2. The van der Waals surface area contributed by atoms with Crippen molar-refractivity contribution in [2.45, 2.75) is 38.8 Å². The number of ether oxygens (including phenoxy) is 1. The fourth-order valence-electron chi connectivity index (χ4n) is 1.51. The molecule has 0 aromatic heterocycles. The van der Waals surface area contributed by atoms with Gasteiger partial charge in [0.2, 0.25) is 0 Å². The molecule has 4 nitrogen and oxygen atoms in total. The van der Waals surface area contributed by atoms with Gasteiger partial charge in [-0.15, -0.1) is 0 Å². The van der Waals surface area contributed by atoms with E-state index in [0.29, 0.717) is 12.0 Å². The fraction of sp³-hybridized carbons (Fsp3) is 0.462. The highest BCUT2D eigenvalue weighted by Crippen LogP contribution is 2.25. The van der Waals surface area contributed by atoms with E-state index in [0.717, 1.165) is 6.42 Å². The zero-order valence-corrected chi connectivity index (χ0v) is 10.7. The zero-order valence-electron chi connectivity index (χ0n) is 10.7. The number of benzene rings is 1. The molecule has 0 aliphatic carbocycles. The first kappa shape index (κ1) is 14.4. The summed E-state index contributed by atoms with van der Waals surface area (Å²) in [4.78, 5) is 11.0. The predicted molar refractivity (Wildman–Crippen MR) is 67.7 cm³/mol. The third kappa shape index (κ3) is 3.70. The molecule has 0 aliphatic heterocycles. The van der Waals surface area contributed by atoms with E-state index in [4.69, 9.17) is 16.2 Å². The molecule has 1 amide bonds. The quantitative estimate of drug-likeness (QED) is 0.804. The van der Waals surface area contributed by atoms with Gasteiger partial charge in [-0.3, -0.25) is 4.79 Å². The normalized spacial score (nSPS) is 14.0. The molecule has 0 bridgehead atoms. The largest absolute Gasteiger partial charge is 0.478 e. The maximum atomic E-state index is 13.7. The molecule has 1 rings (SSSR count). The third-order valence-electron chi connectivity index (χ3n) is 2.75. The number of halogens is 1. The number of rotatable bonds is 6. The molecule has 0 fully saturated rings. The van der Waals surface area contributed by atoms with Crippen molar-refractivity contribution in [3.8, 4) is 5.75 Å². The second-order valence-corrected chi connectivity index (χ2v) is 4.26. The van der Waals surface area contributed by atoms with E-state index in [9.17, 15) is 9.18 Å². The molecule has 18 heavy (non-hydrogen) atoms. The lowest BCUT2D eigenvalue weighted by atomic mass is 10.0. The molecule has 100 valence electrons. The van der Waals surface area contributed by atoms with Gasteiger partial charge >= 0.3 is 0 Å². The Morgan fingerprint density at radius 2 is 2.17 bits per heavy atom. The molecule has 1 aromatic carbocycles. The van der Waals surface area contributed by atoms with E-state index in [1.165, 1.54) is 13.0 Å². The van der Waals surface area contributed by atoms with Crippen molar-refractivity contribution in [1.29, 1.82) is 0 Å². The van der Waals surface area contributed by atoms with Crippen LogP contribution in [0.3, 0.4) is 0 Å². The lowest BCUT2D eigenvalue weighted by molar-refractivity contribution is -0.124. The molecule has 0 saturated heterocycles. The van der Waals surface area contributed by atoms with Crippen LogP contribution in [-0.4, -0.2) is 18.1 Å². The number of hydrogen-bond donors (Lipinski definition) is 2. The van der Waals surface area contributed by atoms with Crippen LogP contribution in [0, 0.1) is 5.82 Å². The van der Waals surface area contributed by atoms with Crippen LogP contribution >= 0.6 is 0 Å². The predicted octanol–water partition coefficient (Wildman–Crippen LogP) is 1.36. The molecule has 0 radical (unpaired) electrons. The van der Waals surface area contributed by atoms with Gasteiger partial charge in [0, 0.05) is 6.04 Å². The second-order valence-electron chi connectivity index (χ2n) is 4.26. The Balaban J connectivity index is 2.97. The minimum Gasteiger partial charge on any atom is -0.478 e. The van der Waals surface area contributed by atoms with Crippen molar-refractivity contribution in [3.05, 3.63) is 29.6 Å². The number of amides is 1. The van der Waals surface area contributed by atoms with Crippen LogP contribution < -0.4 is 16.2 Å². The van der Waals surface area contributed by atoms with Gasteiger partial charge in [-0.1, -0.05) is 19.1 Å². The molecule has 2 unspecified atom stereocenters. The second kappa shape index (κ2) is 6.35. The summed E-state index contributed by atoms with van der Waals surface area (Å²) in [5.74, 6) is -1.08. The number of carbonyl (C=O) groups excluding carboxylic acids is 1. The SMILES string of the molecule is CCC(N)Cc1cccc(F)c1OC(C)C(N)=O. The Bertz CT molecular complexity index is 423. The maximum Gasteiger partial charge on any atom is 0.258 e. The smallest absolute Gasteiger partial charge is 0.258 e. The highest BCUT2D eigenvalue weighted by atomic mass is 19.1. The van der Waals surface area contributed by atoms with Gasteiger partial charge in [-0.2, -0.15) is 0 Å². The van der Waals surface area contributed by atoms with E-state index in [-0.39, 0.29) is 11.8 Å². The standard InChI is InChI=1S/C13H19FN2O2/c1-3-10(15)7-9-5-4-6-11(14)12(9)18-8(2)13(16)17/h4-6,8,10H,3,7,15H2,1-2H3,(H2,16,17). The van der Waals surface area contributed by atoms with Gasteiger partial charge in [-0.25, -0.2) is 4.39 Å². The molecule has 0 aliphatic rings. The molecule has 0 heterocycles. The summed E-state index contributed by atoms with van der Waals surface area (Å²) >= 11 is 0. The number of carbonyl (C=O) groups is 1. The molecule has 4 N–H and O–H groups in total. The Kier molecular flexibility index (Phi) is 5.09. The van der Waals surface area contributed by atoms with Crippen molar-refractivity contribution < 1.29 is 13.9 Å². The van der Waals surface area contributed by atoms with Crippen molar-refractivity contribution in [2.24, 2.45) is 11.5 Å². The average molecular weight is 254 g/mol. The van der Waals surface area contributed by atoms with E-state index in [1.807, 2.05) is 6.92 Å². The highest BCUT2D eigenvalue weighted by molar-refractivity contribution is 5.78. The summed E-state index contributed by atoms with van der Waals surface area (Å²) in [7, 11) is 0. The summed E-state index contributed by atoms with van der Waals surface area (Å²) < 4.78 is 19.0. The highest BCUT2D eigenvalue weighted by Gasteiger charge is 2.17. The van der Waals surface area contributed by atoms with Crippen molar-refractivity contribution in [3.63, 3.8) is 0 Å². The topological polar surface area (TPSA) is 78.3 Å². The summed E-state index contributed by atoms with van der Waals surface area (Å²) in [5, 5.41) is 0. The van der Waals surface area contributed by atoms with Gasteiger partial charge in [0.15, 0.2) is 17.7 Å². The van der Waals surface area contributed by atoms with Crippen molar-refractivity contribution in [2.75, 3.05) is 0 Å². The summed E-state index contributed by atoms with van der Waals surface area (Å²) in [5.41, 5.74) is 11.6. The van der Waals surface area contributed by atoms with Gasteiger partial charge in [0.05, 0.1) is 0 Å².